The standard InChI is InChI=1S/C29H29ClN8O2/c30-24-16-32-28-34-21-3-1-2-18(14-21)4-5-20-15-22(33-26(24)37-28)6-7-25(20)36-29(40)35-23-10-13-38(17-23)27(39)19-8-11-31-12-9-19/h1-3,6-9,11-12,15-16,18,23H,4-5,10,13-14,17H2,(H2,35,36,40)(H2,32,33,34,37)/t18?,23-/m0/s1. The highest BCUT2D eigenvalue weighted by atomic mass is 35.5. The quantitative estimate of drug-likeness (QED) is 0.353. The van der Waals surface area contributed by atoms with Gasteiger partial charge in [0.05, 0.1) is 6.20 Å². The van der Waals surface area contributed by atoms with Crippen molar-refractivity contribution in [2.24, 2.45) is 5.92 Å². The summed E-state index contributed by atoms with van der Waals surface area (Å²) in [6, 6.07) is 8.78. The van der Waals surface area contributed by atoms with E-state index in [9.17, 15) is 9.59 Å². The van der Waals surface area contributed by atoms with Gasteiger partial charge < -0.3 is 26.2 Å². The van der Waals surface area contributed by atoms with Crippen molar-refractivity contribution < 1.29 is 9.59 Å². The van der Waals surface area contributed by atoms with Crippen molar-refractivity contribution in [3.63, 3.8) is 0 Å². The third-order valence-electron chi connectivity index (χ3n) is 7.32. The second kappa shape index (κ2) is 11.4. The van der Waals surface area contributed by atoms with Gasteiger partial charge in [0.15, 0.2) is 5.82 Å². The van der Waals surface area contributed by atoms with Gasteiger partial charge in [0, 0.05) is 54.2 Å². The fourth-order valence-electron chi connectivity index (χ4n) is 5.26. The van der Waals surface area contributed by atoms with Crippen LogP contribution in [0.2, 0.25) is 5.02 Å². The summed E-state index contributed by atoms with van der Waals surface area (Å²) in [6.07, 6.45) is 14.3. The number of hydrogen-bond acceptors (Lipinski definition) is 7. The zero-order valence-corrected chi connectivity index (χ0v) is 22.5. The summed E-state index contributed by atoms with van der Waals surface area (Å²) >= 11 is 6.38. The highest BCUT2D eigenvalue weighted by Crippen LogP contribution is 2.31. The van der Waals surface area contributed by atoms with Gasteiger partial charge in [0.2, 0.25) is 5.95 Å². The van der Waals surface area contributed by atoms with E-state index in [1.807, 2.05) is 24.3 Å². The minimum absolute atomic E-state index is 0.0534. The fraction of sp³-hybridized carbons (Fsp3) is 0.276. The molecule has 2 aromatic heterocycles. The molecule has 1 unspecified atom stereocenters. The van der Waals surface area contributed by atoms with E-state index in [1.54, 1.807) is 35.6 Å². The predicted octanol–water partition coefficient (Wildman–Crippen LogP) is 5.12. The maximum atomic E-state index is 13.0. The molecule has 1 aliphatic carbocycles. The molecule has 4 heterocycles. The van der Waals surface area contributed by atoms with Crippen molar-refractivity contribution in [2.75, 3.05) is 29.0 Å². The van der Waals surface area contributed by atoms with E-state index in [-0.39, 0.29) is 18.0 Å². The molecule has 3 amide bonds. The molecule has 6 rings (SSSR count). The number of aryl methyl sites for hydroxylation is 1. The zero-order chi connectivity index (χ0) is 27.5. The first-order valence-corrected chi connectivity index (χ1v) is 13.7. The summed E-state index contributed by atoms with van der Waals surface area (Å²) in [5, 5.41) is 13.1. The molecule has 6 bridgehead atoms. The molecule has 10 nitrogen and oxygen atoms in total. The first-order chi connectivity index (χ1) is 19.5. The fourth-order valence-corrected chi connectivity index (χ4v) is 5.40. The Morgan fingerprint density at radius 2 is 1.98 bits per heavy atom. The topological polar surface area (TPSA) is 124 Å². The minimum atomic E-state index is -0.293. The Morgan fingerprint density at radius 3 is 2.85 bits per heavy atom. The third kappa shape index (κ3) is 5.91. The van der Waals surface area contributed by atoms with E-state index >= 15 is 0 Å². The number of urea groups is 1. The Morgan fingerprint density at radius 1 is 1.10 bits per heavy atom. The largest absolute Gasteiger partial charge is 0.339 e. The molecular weight excluding hydrogens is 528 g/mol. The van der Waals surface area contributed by atoms with Crippen molar-refractivity contribution in [2.45, 2.75) is 31.7 Å². The number of allylic oxidation sites excluding steroid dienone is 4. The van der Waals surface area contributed by atoms with E-state index < -0.39 is 0 Å². The van der Waals surface area contributed by atoms with E-state index in [4.69, 9.17) is 11.6 Å². The number of amides is 3. The van der Waals surface area contributed by atoms with Crippen LogP contribution in [0.3, 0.4) is 0 Å². The van der Waals surface area contributed by atoms with Gasteiger partial charge >= 0.3 is 6.03 Å². The van der Waals surface area contributed by atoms with Crippen molar-refractivity contribution in [1.29, 1.82) is 0 Å². The van der Waals surface area contributed by atoms with Crippen LogP contribution in [0.4, 0.5) is 27.9 Å². The number of anilines is 4. The predicted molar refractivity (Wildman–Crippen MR) is 155 cm³/mol. The number of fused-ring (bicyclic) bond motifs is 6. The number of pyridine rings is 1. The molecule has 4 N–H and O–H groups in total. The van der Waals surface area contributed by atoms with Gasteiger partial charge in [-0.15, -0.1) is 0 Å². The van der Waals surface area contributed by atoms with Gasteiger partial charge in [-0.05, 0) is 73.6 Å². The van der Waals surface area contributed by atoms with Crippen LogP contribution in [0.15, 0.2) is 72.8 Å². The molecule has 1 saturated heterocycles. The number of nitrogens with one attached hydrogen (secondary N) is 4. The van der Waals surface area contributed by atoms with Crippen molar-refractivity contribution in [3.8, 4) is 0 Å². The van der Waals surface area contributed by atoms with Crippen LogP contribution in [0.1, 0.15) is 35.2 Å². The number of likely N-dealkylation sites (tertiary alicyclic amines) is 1. The van der Waals surface area contributed by atoms with Gasteiger partial charge in [-0.3, -0.25) is 9.78 Å². The van der Waals surface area contributed by atoms with Crippen LogP contribution >= 0.6 is 11.6 Å². The van der Waals surface area contributed by atoms with Gasteiger partial charge in [-0.2, -0.15) is 4.98 Å². The summed E-state index contributed by atoms with van der Waals surface area (Å²) in [5.74, 6) is 1.26. The summed E-state index contributed by atoms with van der Waals surface area (Å²) in [6.45, 7) is 1.05. The van der Waals surface area contributed by atoms with E-state index in [1.165, 1.54) is 0 Å². The molecule has 0 spiro atoms. The molecule has 2 atom stereocenters. The second-order valence-electron chi connectivity index (χ2n) is 10.2. The molecule has 0 radical (unpaired) electrons. The van der Waals surface area contributed by atoms with Crippen molar-refractivity contribution in [3.05, 3.63) is 89.0 Å². The van der Waals surface area contributed by atoms with E-state index in [2.05, 4.69) is 48.4 Å². The maximum absolute atomic E-state index is 13.0. The molecule has 11 heteroatoms. The molecule has 2 aliphatic heterocycles. The second-order valence-corrected chi connectivity index (χ2v) is 10.6. The van der Waals surface area contributed by atoms with Gasteiger partial charge in [0.1, 0.15) is 5.02 Å². The average molecular weight is 557 g/mol. The minimum Gasteiger partial charge on any atom is -0.339 e. The van der Waals surface area contributed by atoms with Gasteiger partial charge in [0.25, 0.3) is 5.91 Å². The number of rotatable bonds is 3. The maximum Gasteiger partial charge on any atom is 0.319 e. The van der Waals surface area contributed by atoms with Crippen LogP contribution in [-0.4, -0.2) is 50.9 Å². The Balaban J connectivity index is 1.16. The first kappa shape index (κ1) is 25.8. The molecule has 0 saturated carbocycles. The van der Waals surface area contributed by atoms with Gasteiger partial charge in [-0.25, -0.2) is 9.78 Å². The molecular formula is C29H29ClN8O2. The van der Waals surface area contributed by atoms with Crippen LogP contribution in [0, 0.1) is 5.92 Å². The van der Waals surface area contributed by atoms with Crippen LogP contribution in [-0.2, 0) is 6.42 Å². The lowest BCUT2D eigenvalue weighted by Crippen LogP contribution is -2.40. The lowest BCUT2D eigenvalue weighted by Gasteiger charge is -2.20. The van der Waals surface area contributed by atoms with Crippen molar-refractivity contribution in [1.82, 2.24) is 25.2 Å². The normalized spacial score (nSPS) is 19.6. The third-order valence-corrected chi connectivity index (χ3v) is 7.59. The Labute approximate surface area is 237 Å². The summed E-state index contributed by atoms with van der Waals surface area (Å²) in [7, 11) is 0. The summed E-state index contributed by atoms with van der Waals surface area (Å²) in [4.78, 5) is 40.4. The van der Waals surface area contributed by atoms with Crippen LogP contribution in [0.25, 0.3) is 0 Å². The monoisotopic (exact) mass is 556 g/mol. The molecule has 40 heavy (non-hydrogen) atoms. The number of hydrogen-bond donors (Lipinski definition) is 4. The first-order valence-electron chi connectivity index (χ1n) is 13.3. The van der Waals surface area contributed by atoms with Crippen molar-refractivity contribution >= 4 is 46.7 Å². The lowest BCUT2D eigenvalue weighted by molar-refractivity contribution is 0.0789. The number of benzene rings is 1. The van der Waals surface area contributed by atoms with E-state index in [0.29, 0.717) is 47.8 Å². The molecule has 3 aromatic rings. The highest BCUT2D eigenvalue weighted by molar-refractivity contribution is 6.32. The number of nitrogens with zero attached hydrogens (tertiary/aromatic N) is 4. The Kier molecular flexibility index (Phi) is 7.33. The zero-order valence-electron chi connectivity index (χ0n) is 21.7. The Hall–Kier alpha value is -4.44. The molecule has 3 aliphatic rings. The number of halogens is 1. The highest BCUT2D eigenvalue weighted by Gasteiger charge is 2.28. The number of aromatic nitrogens is 3. The number of carbonyl (C=O) groups excluding carboxylic acids is 2. The number of carbonyl (C=O) groups is 2. The summed E-state index contributed by atoms with van der Waals surface area (Å²) < 4.78 is 0. The van der Waals surface area contributed by atoms with Crippen LogP contribution < -0.4 is 21.3 Å². The van der Waals surface area contributed by atoms with Gasteiger partial charge in [-0.1, -0.05) is 23.8 Å². The average Bonchev–Trinajstić information content (AvgIpc) is 3.43. The molecule has 1 fully saturated rings. The molecule has 1 aromatic carbocycles. The smallest absolute Gasteiger partial charge is 0.319 e. The van der Waals surface area contributed by atoms with Crippen LogP contribution in [0.5, 0.6) is 0 Å². The summed E-state index contributed by atoms with van der Waals surface area (Å²) in [5.41, 5.74) is 4.19. The SMILES string of the molecule is O=C(Nc1ccc2cc1CCC1C=CC=C(C1)Nc1ncc(Cl)c(n1)N2)N[C@H]1CCN(C(=O)c2ccncc2)C1. The molecule has 204 valence electrons. The lowest BCUT2D eigenvalue weighted by atomic mass is 9.91. The Bertz CT molecular complexity index is 1490. The van der Waals surface area contributed by atoms with E-state index in [0.717, 1.165) is 41.9 Å².